The van der Waals surface area contributed by atoms with Gasteiger partial charge in [-0.15, -0.1) is 0 Å². The van der Waals surface area contributed by atoms with E-state index in [-0.39, 0.29) is 0 Å². The average molecular weight is 138 g/mol. The molecule has 8 heavy (non-hydrogen) atoms. The molecule has 0 heterocycles. The Bertz CT molecular complexity index is 66.2. The second kappa shape index (κ2) is 2.74. The van der Waals surface area contributed by atoms with Crippen LogP contribution in [-0.4, -0.2) is 15.4 Å². The van der Waals surface area contributed by atoms with Gasteiger partial charge in [-0.3, -0.25) is 0 Å². The van der Waals surface area contributed by atoms with Crippen molar-refractivity contribution < 1.29 is 14.3 Å². The molecule has 0 spiro atoms. The maximum absolute atomic E-state index is 8.29. The van der Waals surface area contributed by atoms with Crippen molar-refractivity contribution in [3.63, 3.8) is 0 Å². The molecule has 50 valence electrons. The molecule has 3 nitrogen and oxygen atoms in total. The Hall–Kier alpha value is 0.310. The van der Waals surface area contributed by atoms with Gasteiger partial charge in [-0.25, -0.2) is 0 Å². The van der Waals surface area contributed by atoms with E-state index in [9.17, 15) is 0 Å². The van der Waals surface area contributed by atoms with Gasteiger partial charge in [0.25, 0.3) is 0 Å². The monoisotopic (exact) mass is 138 g/mol. The van der Waals surface area contributed by atoms with Crippen molar-refractivity contribution in [2.75, 3.05) is 0 Å². The summed E-state index contributed by atoms with van der Waals surface area (Å²) in [6.45, 7) is 5.28. The average Bonchev–Trinajstić information content (AvgIpc) is 1.21. The van der Waals surface area contributed by atoms with Gasteiger partial charge in [-0.05, 0) is 20.8 Å². The van der Waals surface area contributed by atoms with Gasteiger partial charge in [0.05, 0.1) is 5.60 Å². The predicted molar refractivity (Wildman–Crippen MR) is 32.2 cm³/mol. The molecule has 0 aromatic heterocycles. The third kappa shape index (κ3) is 6.31. The van der Waals surface area contributed by atoms with Crippen LogP contribution in [0.25, 0.3) is 0 Å². The van der Waals surface area contributed by atoms with Crippen LogP contribution in [0.5, 0.6) is 0 Å². The molecule has 0 saturated heterocycles. The standard InChI is InChI=1S/C4H11O3P/c1-4(2,3)7-8(5)6/h5-6H,1-3H3. The van der Waals surface area contributed by atoms with Crippen LogP contribution in [0.15, 0.2) is 0 Å². The molecular weight excluding hydrogens is 127 g/mol. The summed E-state index contributed by atoms with van der Waals surface area (Å²) in [5, 5.41) is 0. The van der Waals surface area contributed by atoms with Gasteiger partial charge in [0, 0.05) is 0 Å². The highest BCUT2D eigenvalue weighted by Crippen LogP contribution is 2.31. The summed E-state index contributed by atoms with van der Waals surface area (Å²) in [7, 11) is -2.19. The molecule has 4 heteroatoms. The van der Waals surface area contributed by atoms with Crippen LogP contribution in [0, 0.1) is 0 Å². The molecule has 0 aliphatic rings. The minimum atomic E-state index is -2.19. The van der Waals surface area contributed by atoms with Gasteiger partial charge in [0.15, 0.2) is 0 Å². The van der Waals surface area contributed by atoms with Crippen LogP contribution in [0.2, 0.25) is 0 Å². The quantitative estimate of drug-likeness (QED) is 0.531. The largest absolute Gasteiger partial charge is 0.328 e. The Balaban J connectivity index is 3.39. The van der Waals surface area contributed by atoms with E-state index < -0.39 is 14.2 Å². The molecule has 0 aromatic carbocycles. The van der Waals surface area contributed by atoms with Crippen molar-refractivity contribution in [2.45, 2.75) is 26.4 Å². The van der Waals surface area contributed by atoms with Gasteiger partial charge >= 0.3 is 8.60 Å². The SMILES string of the molecule is CC(C)(C)OP(O)O. The highest BCUT2D eigenvalue weighted by Gasteiger charge is 2.14. The highest BCUT2D eigenvalue weighted by atomic mass is 31.2. The fourth-order valence-corrected chi connectivity index (χ4v) is 0.735. The number of hydrogen-bond acceptors (Lipinski definition) is 3. The summed E-state index contributed by atoms with van der Waals surface area (Å²) in [5.74, 6) is 0. The lowest BCUT2D eigenvalue weighted by Crippen LogP contribution is -2.15. The Labute approximate surface area is 50.3 Å². The summed E-state index contributed by atoms with van der Waals surface area (Å²) in [5.41, 5.74) is -0.449. The second-order valence-corrected chi connectivity index (χ2v) is 3.14. The Kier molecular flexibility index (Phi) is 2.84. The van der Waals surface area contributed by atoms with E-state index in [1.807, 2.05) is 0 Å². The maximum Gasteiger partial charge on any atom is 0.327 e. The maximum atomic E-state index is 8.29. The Morgan fingerprint density at radius 3 is 1.62 bits per heavy atom. The first-order valence-electron chi connectivity index (χ1n) is 2.29. The summed E-state index contributed by atoms with van der Waals surface area (Å²) in [4.78, 5) is 16.6. The third-order valence-electron chi connectivity index (χ3n) is 0.356. The van der Waals surface area contributed by atoms with Crippen LogP contribution < -0.4 is 0 Å². The number of hydrogen-bond donors (Lipinski definition) is 2. The van der Waals surface area contributed by atoms with Crippen LogP contribution in [0.1, 0.15) is 20.8 Å². The zero-order valence-corrected chi connectivity index (χ0v) is 6.14. The topological polar surface area (TPSA) is 49.7 Å². The van der Waals surface area contributed by atoms with E-state index in [2.05, 4.69) is 4.52 Å². The lowest BCUT2D eigenvalue weighted by Gasteiger charge is -2.18. The molecular formula is C4H11O3P. The van der Waals surface area contributed by atoms with Crippen LogP contribution in [0.3, 0.4) is 0 Å². The molecule has 0 amide bonds. The highest BCUT2D eigenvalue weighted by molar-refractivity contribution is 7.39. The minimum Gasteiger partial charge on any atom is -0.328 e. The van der Waals surface area contributed by atoms with Crippen molar-refractivity contribution in [3.05, 3.63) is 0 Å². The van der Waals surface area contributed by atoms with E-state index in [1.54, 1.807) is 20.8 Å². The van der Waals surface area contributed by atoms with Gasteiger partial charge < -0.3 is 14.3 Å². The van der Waals surface area contributed by atoms with Crippen molar-refractivity contribution >= 4 is 8.60 Å². The smallest absolute Gasteiger partial charge is 0.327 e. The van der Waals surface area contributed by atoms with E-state index in [0.717, 1.165) is 0 Å². The predicted octanol–water partition coefficient (Wildman–Crippen LogP) is 1.01. The molecule has 0 aliphatic carbocycles. The summed E-state index contributed by atoms with van der Waals surface area (Å²) < 4.78 is 4.61. The van der Waals surface area contributed by atoms with Gasteiger partial charge in [0.1, 0.15) is 0 Å². The molecule has 0 atom stereocenters. The lowest BCUT2D eigenvalue weighted by molar-refractivity contribution is 0.109. The molecule has 0 rings (SSSR count). The lowest BCUT2D eigenvalue weighted by atomic mass is 10.2. The third-order valence-corrected chi connectivity index (χ3v) is 1.07. The van der Waals surface area contributed by atoms with Crippen molar-refractivity contribution in [3.8, 4) is 0 Å². The van der Waals surface area contributed by atoms with Crippen molar-refractivity contribution in [1.29, 1.82) is 0 Å². The van der Waals surface area contributed by atoms with E-state index in [4.69, 9.17) is 9.79 Å². The molecule has 0 fully saturated rings. The molecule has 2 N–H and O–H groups in total. The fraction of sp³-hybridized carbons (Fsp3) is 1.00. The second-order valence-electron chi connectivity index (χ2n) is 2.46. The summed E-state index contributed by atoms with van der Waals surface area (Å²) in [6, 6.07) is 0. The summed E-state index contributed by atoms with van der Waals surface area (Å²) in [6.07, 6.45) is 0. The normalized spacial score (nSPS) is 12.8. The molecule has 0 saturated carbocycles. The number of rotatable bonds is 1. The molecule has 0 bridgehead atoms. The van der Waals surface area contributed by atoms with E-state index in [0.29, 0.717) is 0 Å². The summed E-state index contributed by atoms with van der Waals surface area (Å²) >= 11 is 0. The first kappa shape index (κ1) is 8.31. The first-order valence-corrected chi connectivity index (χ1v) is 3.45. The Morgan fingerprint density at radius 2 is 1.62 bits per heavy atom. The molecule has 0 radical (unpaired) electrons. The molecule has 0 unspecified atom stereocenters. The minimum absolute atomic E-state index is 0.449. The Morgan fingerprint density at radius 1 is 1.25 bits per heavy atom. The van der Waals surface area contributed by atoms with Gasteiger partial charge in [0.2, 0.25) is 0 Å². The molecule has 0 aliphatic heterocycles. The van der Waals surface area contributed by atoms with E-state index in [1.165, 1.54) is 0 Å². The van der Waals surface area contributed by atoms with Crippen LogP contribution in [-0.2, 0) is 4.52 Å². The fourth-order valence-electron chi connectivity index (χ4n) is 0.245. The van der Waals surface area contributed by atoms with Crippen molar-refractivity contribution in [1.82, 2.24) is 0 Å². The van der Waals surface area contributed by atoms with Crippen LogP contribution >= 0.6 is 8.60 Å². The van der Waals surface area contributed by atoms with Gasteiger partial charge in [-0.1, -0.05) is 0 Å². The molecule has 0 aromatic rings. The van der Waals surface area contributed by atoms with Gasteiger partial charge in [-0.2, -0.15) is 0 Å². The first-order chi connectivity index (χ1) is 3.42. The van der Waals surface area contributed by atoms with E-state index >= 15 is 0 Å². The van der Waals surface area contributed by atoms with Crippen LogP contribution in [0.4, 0.5) is 0 Å². The van der Waals surface area contributed by atoms with Crippen molar-refractivity contribution in [2.24, 2.45) is 0 Å². The zero-order chi connectivity index (χ0) is 6.78. The zero-order valence-electron chi connectivity index (χ0n) is 5.25.